The van der Waals surface area contributed by atoms with Crippen molar-refractivity contribution < 1.29 is 19.1 Å². The van der Waals surface area contributed by atoms with E-state index >= 15 is 0 Å². The molecule has 0 aliphatic carbocycles. The number of carboxylic acid groups (broad SMARTS) is 1. The summed E-state index contributed by atoms with van der Waals surface area (Å²) in [5.74, 6) is -2.54. The second-order valence-corrected chi connectivity index (χ2v) is 5.38. The molecule has 1 aliphatic heterocycles. The van der Waals surface area contributed by atoms with E-state index in [0.717, 1.165) is 0 Å². The lowest BCUT2D eigenvalue weighted by molar-refractivity contribution is -0.143. The number of hydrogen-bond acceptors (Lipinski definition) is 2. The molecule has 1 aliphatic rings. The molecule has 6 heteroatoms. The fourth-order valence-corrected chi connectivity index (χ4v) is 2.74. The minimum atomic E-state index is -0.912. The number of halogens is 2. The highest BCUT2D eigenvalue weighted by molar-refractivity contribution is 9.10. The van der Waals surface area contributed by atoms with Gasteiger partial charge in [-0.25, -0.2) is 4.39 Å². The summed E-state index contributed by atoms with van der Waals surface area (Å²) in [5, 5.41) is 9.00. The molecule has 2 rings (SSSR count). The zero-order chi connectivity index (χ0) is 14.0. The molecule has 1 aromatic carbocycles. The molecule has 1 heterocycles. The van der Waals surface area contributed by atoms with Crippen LogP contribution in [0.25, 0.3) is 0 Å². The minimum absolute atomic E-state index is 0.0338. The first-order valence-corrected chi connectivity index (χ1v) is 6.76. The number of piperidine rings is 1. The number of benzene rings is 1. The number of carbonyl (C=O) groups is 2. The van der Waals surface area contributed by atoms with Gasteiger partial charge >= 0.3 is 5.97 Å². The van der Waals surface area contributed by atoms with Gasteiger partial charge in [-0.1, -0.05) is 6.07 Å². The van der Waals surface area contributed by atoms with E-state index in [1.807, 2.05) is 0 Å². The highest BCUT2D eigenvalue weighted by Gasteiger charge is 2.30. The molecule has 1 atom stereocenters. The van der Waals surface area contributed by atoms with Gasteiger partial charge in [0.2, 0.25) is 0 Å². The van der Waals surface area contributed by atoms with Crippen molar-refractivity contribution in [1.82, 2.24) is 4.90 Å². The molecular formula is C13H13BrFNO3. The summed E-state index contributed by atoms with van der Waals surface area (Å²) in [6.07, 6.45) is 1.17. The van der Waals surface area contributed by atoms with Crippen LogP contribution < -0.4 is 0 Å². The molecule has 0 radical (unpaired) electrons. The van der Waals surface area contributed by atoms with E-state index in [2.05, 4.69) is 15.9 Å². The maximum Gasteiger partial charge on any atom is 0.308 e. The third-order valence-corrected chi connectivity index (χ3v) is 3.90. The van der Waals surface area contributed by atoms with E-state index in [1.54, 1.807) is 6.07 Å². The molecule has 1 fully saturated rings. The van der Waals surface area contributed by atoms with Crippen LogP contribution >= 0.6 is 15.9 Å². The SMILES string of the molecule is O=C(O)[C@H]1CCCN(C(=O)c2c(F)cccc2Br)C1. The van der Waals surface area contributed by atoms with Crippen LogP contribution in [-0.2, 0) is 4.79 Å². The van der Waals surface area contributed by atoms with E-state index in [1.165, 1.54) is 17.0 Å². The maximum absolute atomic E-state index is 13.7. The second kappa shape index (κ2) is 5.69. The number of carboxylic acids is 1. The first-order valence-electron chi connectivity index (χ1n) is 5.97. The Morgan fingerprint density at radius 2 is 2.16 bits per heavy atom. The Morgan fingerprint density at radius 1 is 1.42 bits per heavy atom. The number of hydrogen-bond donors (Lipinski definition) is 1. The van der Waals surface area contributed by atoms with Crippen LogP contribution in [0.2, 0.25) is 0 Å². The van der Waals surface area contributed by atoms with Crippen molar-refractivity contribution in [2.75, 3.05) is 13.1 Å². The number of amides is 1. The van der Waals surface area contributed by atoms with Crippen molar-refractivity contribution in [1.29, 1.82) is 0 Å². The summed E-state index contributed by atoms with van der Waals surface area (Å²) >= 11 is 3.15. The lowest BCUT2D eigenvalue weighted by atomic mass is 9.97. The van der Waals surface area contributed by atoms with E-state index in [4.69, 9.17) is 5.11 Å². The highest BCUT2D eigenvalue weighted by Crippen LogP contribution is 2.24. The number of nitrogens with zero attached hydrogens (tertiary/aromatic N) is 1. The largest absolute Gasteiger partial charge is 0.481 e. The van der Waals surface area contributed by atoms with Gasteiger partial charge in [-0.3, -0.25) is 9.59 Å². The zero-order valence-electron chi connectivity index (χ0n) is 10.1. The topological polar surface area (TPSA) is 57.6 Å². The van der Waals surface area contributed by atoms with Crippen LogP contribution in [0.5, 0.6) is 0 Å². The summed E-state index contributed by atoms with van der Waals surface area (Å²) in [4.78, 5) is 24.7. The Labute approximate surface area is 118 Å². The molecule has 0 bridgehead atoms. The number of carbonyl (C=O) groups excluding carboxylic acids is 1. The fourth-order valence-electron chi connectivity index (χ4n) is 2.22. The molecule has 19 heavy (non-hydrogen) atoms. The Kier molecular flexibility index (Phi) is 4.19. The minimum Gasteiger partial charge on any atom is -0.481 e. The van der Waals surface area contributed by atoms with Gasteiger partial charge in [-0.2, -0.15) is 0 Å². The molecule has 1 aromatic rings. The zero-order valence-corrected chi connectivity index (χ0v) is 11.7. The van der Waals surface area contributed by atoms with Crippen LogP contribution in [0, 0.1) is 11.7 Å². The summed E-state index contributed by atoms with van der Waals surface area (Å²) < 4.78 is 14.1. The van der Waals surface area contributed by atoms with E-state index in [-0.39, 0.29) is 12.1 Å². The Bertz CT molecular complexity index is 500. The van der Waals surface area contributed by atoms with Crippen molar-refractivity contribution in [2.45, 2.75) is 12.8 Å². The summed E-state index contributed by atoms with van der Waals surface area (Å²) in [6.45, 7) is 0.596. The number of aliphatic carboxylic acids is 1. The standard InChI is InChI=1S/C13H13BrFNO3/c14-9-4-1-5-10(15)11(9)12(17)16-6-2-3-8(7-16)13(18)19/h1,4-5,8H,2-3,6-7H2,(H,18,19)/t8-/m0/s1. The Balaban J connectivity index is 2.22. The van der Waals surface area contributed by atoms with Crippen LogP contribution in [0.15, 0.2) is 22.7 Å². The smallest absolute Gasteiger partial charge is 0.308 e. The van der Waals surface area contributed by atoms with E-state index in [0.29, 0.717) is 23.9 Å². The van der Waals surface area contributed by atoms with E-state index in [9.17, 15) is 14.0 Å². The van der Waals surface area contributed by atoms with Crippen LogP contribution in [0.1, 0.15) is 23.2 Å². The monoisotopic (exact) mass is 329 g/mol. The molecule has 1 saturated heterocycles. The molecule has 102 valence electrons. The van der Waals surface area contributed by atoms with Gasteiger partial charge in [0.05, 0.1) is 11.5 Å². The lowest BCUT2D eigenvalue weighted by Crippen LogP contribution is -2.42. The molecule has 1 amide bonds. The molecule has 0 saturated carbocycles. The molecule has 0 unspecified atom stereocenters. The average molecular weight is 330 g/mol. The van der Waals surface area contributed by atoms with Crippen molar-refractivity contribution in [2.24, 2.45) is 5.92 Å². The van der Waals surface area contributed by atoms with Gasteiger partial charge in [-0.05, 0) is 40.9 Å². The summed E-state index contributed by atoms with van der Waals surface area (Å²) in [7, 11) is 0. The first-order chi connectivity index (χ1) is 9.00. The van der Waals surface area contributed by atoms with Crippen molar-refractivity contribution >= 4 is 27.8 Å². The van der Waals surface area contributed by atoms with Crippen molar-refractivity contribution in [3.05, 3.63) is 34.1 Å². The molecular weight excluding hydrogens is 317 g/mol. The predicted octanol–water partition coefficient (Wildman–Crippen LogP) is 2.53. The van der Waals surface area contributed by atoms with Crippen LogP contribution in [0.3, 0.4) is 0 Å². The molecule has 1 N–H and O–H groups in total. The van der Waals surface area contributed by atoms with Gasteiger partial charge in [0.25, 0.3) is 5.91 Å². The van der Waals surface area contributed by atoms with Gasteiger partial charge in [0.1, 0.15) is 5.82 Å². The van der Waals surface area contributed by atoms with Gasteiger partial charge in [-0.15, -0.1) is 0 Å². The Morgan fingerprint density at radius 3 is 2.79 bits per heavy atom. The molecule has 0 spiro atoms. The average Bonchev–Trinajstić information content (AvgIpc) is 2.38. The number of likely N-dealkylation sites (tertiary alicyclic amines) is 1. The molecule has 4 nitrogen and oxygen atoms in total. The van der Waals surface area contributed by atoms with Crippen molar-refractivity contribution in [3.63, 3.8) is 0 Å². The summed E-state index contributed by atoms with van der Waals surface area (Å²) in [5.41, 5.74) is -0.0338. The second-order valence-electron chi connectivity index (χ2n) is 4.53. The lowest BCUT2D eigenvalue weighted by Gasteiger charge is -2.31. The maximum atomic E-state index is 13.7. The Hall–Kier alpha value is -1.43. The third kappa shape index (κ3) is 2.94. The van der Waals surface area contributed by atoms with Gasteiger partial charge < -0.3 is 10.0 Å². The first kappa shape index (κ1) is 14.0. The third-order valence-electron chi connectivity index (χ3n) is 3.23. The summed E-state index contributed by atoms with van der Waals surface area (Å²) in [6, 6.07) is 4.32. The normalized spacial score (nSPS) is 19.3. The van der Waals surface area contributed by atoms with E-state index < -0.39 is 23.6 Å². The van der Waals surface area contributed by atoms with Gasteiger partial charge in [0.15, 0.2) is 0 Å². The molecule has 0 aromatic heterocycles. The van der Waals surface area contributed by atoms with Crippen LogP contribution in [-0.4, -0.2) is 35.0 Å². The predicted molar refractivity (Wildman–Crippen MR) is 70.4 cm³/mol. The highest BCUT2D eigenvalue weighted by atomic mass is 79.9. The fraction of sp³-hybridized carbons (Fsp3) is 0.385. The van der Waals surface area contributed by atoms with Crippen molar-refractivity contribution in [3.8, 4) is 0 Å². The van der Waals surface area contributed by atoms with Gasteiger partial charge in [0, 0.05) is 17.6 Å². The number of rotatable bonds is 2. The van der Waals surface area contributed by atoms with Crippen LogP contribution in [0.4, 0.5) is 4.39 Å². The quantitative estimate of drug-likeness (QED) is 0.907.